The van der Waals surface area contributed by atoms with Gasteiger partial charge in [0.05, 0.1) is 0 Å². The first-order valence-electron chi connectivity index (χ1n) is 15.3. The van der Waals surface area contributed by atoms with Crippen LogP contribution < -0.4 is 5.32 Å². The lowest BCUT2D eigenvalue weighted by Crippen LogP contribution is -2.41. The van der Waals surface area contributed by atoms with Crippen LogP contribution in [-0.4, -0.2) is 30.6 Å². The molecule has 0 saturated carbocycles. The molecule has 2 aliphatic rings. The Balaban J connectivity index is 1.44. The van der Waals surface area contributed by atoms with Gasteiger partial charge in [-0.3, -0.25) is 4.90 Å². The van der Waals surface area contributed by atoms with Crippen LogP contribution in [0.25, 0.3) is 0 Å². The van der Waals surface area contributed by atoms with Crippen LogP contribution in [0.5, 0.6) is 0 Å². The third-order valence-electron chi connectivity index (χ3n) is 7.83. The smallest absolute Gasteiger partial charge is 0.0399 e. The molecule has 0 aromatic carbocycles. The van der Waals surface area contributed by atoms with Gasteiger partial charge >= 0.3 is 0 Å². The van der Waals surface area contributed by atoms with E-state index in [9.17, 15) is 0 Å². The van der Waals surface area contributed by atoms with Crippen LogP contribution in [0.4, 0.5) is 0 Å². The van der Waals surface area contributed by atoms with Gasteiger partial charge in [-0.25, -0.2) is 0 Å². The number of allylic oxidation sites excluding steroid dienone is 2. The molecule has 1 unspecified atom stereocenters. The molecule has 0 amide bonds. The first kappa shape index (κ1) is 29.2. The van der Waals surface area contributed by atoms with Gasteiger partial charge in [0.1, 0.15) is 0 Å². The molecule has 1 fully saturated rings. The molecule has 1 aliphatic carbocycles. The minimum atomic E-state index is 0.526. The van der Waals surface area contributed by atoms with Gasteiger partial charge in [0.25, 0.3) is 0 Å². The molecule has 0 bridgehead atoms. The normalized spacial score (nSPS) is 17.5. The van der Waals surface area contributed by atoms with Gasteiger partial charge in [0.2, 0.25) is 0 Å². The van der Waals surface area contributed by atoms with Crippen molar-refractivity contribution in [2.45, 2.75) is 148 Å². The molecular formula is C32H58N2. The zero-order chi connectivity index (χ0) is 24.1. The van der Waals surface area contributed by atoms with Crippen molar-refractivity contribution in [3.63, 3.8) is 0 Å². The van der Waals surface area contributed by atoms with Crippen molar-refractivity contribution in [1.29, 1.82) is 0 Å². The summed E-state index contributed by atoms with van der Waals surface area (Å²) in [6.07, 6.45) is 36.2. The molecule has 0 radical (unpaired) electrons. The van der Waals surface area contributed by atoms with Crippen LogP contribution in [0.3, 0.4) is 0 Å². The average Bonchev–Trinajstić information content (AvgIpc) is 2.88. The van der Waals surface area contributed by atoms with E-state index in [4.69, 9.17) is 0 Å². The summed E-state index contributed by atoms with van der Waals surface area (Å²) in [4.78, 5) is 2.71. The Kier molecular flexibility index (Phi) is 17.4. The molecule has 196 valence electrons. The van der Waals surface area contributed by atoms with Crippen molar-refractivity contribution >= 4 is 0 Å². The van der Waals surface area contributed by atoms with E-state index in [1.807, 2.05) is 0 Å². The highest BCUT2D eigenvalue weighted by Gasteiger charge is 2.24. The van der Waals surface area contributed by atoms with Crippen LogP contribution in [0.15, 0.2) is 36.1 Å². The fourth-order valence-corrected chi connectivity index (χ4v) is 5.64. The van der Waals surface area contributed by atoms with E-state index in [2.05, 4.69) is 41.9 Å². The van der Waals surface area contributed by atoms with E-state index in [0.29, 0.717) is 6.04 Å². The number of nitrogens with zero attached hydrogens (tertiary/aromatic N) is 1. The second-order valence-corrected chi connectivity index (χ2v) is 11.0. The fraction of sp³-hybridized carbons (Fsp3) is 0.812. The van der Waals surface area contributed by atoms with Crippen LogP contribution in [0, 0.1) is 0 Å². The Hall–Kier alpha value is -1.02. The number of nitrogens with one attached hydrogen (secondary N) is 1. The lowest BCUT2D eigenvalue weighted by atomic mass is 9.93. The van der Waals surface area contributed by atoms with Crippen LogP contribution in [-0.2, 0) is 0 Å². The molecule has 0 spiro atoms. The monoisotopic (exact) mass is 470 g/mol. The van der Waals surface area contributed by atoms with E-state index >= 15 is 0 Å². The number of hydrogen-bond acceptors (Lipinski definition) is 2. The molecule has 2 rings (SSSR count). The molecule has 0 aromatic rings. The Morgan fingerprint density at radius 2 is 1.35 bits per heavy atom. The van der Waals surface area contributed by atoms with Crippen LogP contribution in [0.1, 0.15) is 142 Å². The summed E-state index contributed by atoms with van der Waals surface area (Å²) in [7, 11) is 0. The second-order valence-electron chi connectivity index (χ2n) is 11.0. The highest BCUT2D eigenvalue weighted by atomic mass is 15.2. The highest BCUT2D eigenvalue weighted by Crippen LogP contribution is 2.25. The van der Waals surface area contributed by atoms with Gasteiger partial charge < -0.3 is 5.32 Å². The minimum absolute atomic E-state index is 0.526. The van der Waals surface area contributed by atoms with Crippen molar-refractivity contribution in [3.8, 4) is 0 Å². The van der Waals surface area contributed by atoms with Gasteiger partial charge in [-0.15, -0.1) is 0 Å². The Morgan fingerprint density at radius 1 is 0.794 bits per heavy atom. The summed E-state index contributed by atoms with van der Waals surface area (Å²) in [5.41, 5.74) is 2.77. The fourth-order valence-electron chi connectivity index (χ4n) is 5.64. The minimum Gasteiger partial charge on any atom is -0.389 e. The lowest BCUT2D eigenvalue weighted by molar-refractivity contribution is 0.183. The van der Waals surface area contributed by atoms with E-state index in [1.54, 1.807) is 0 Å². The van der Waals surface area contributed by atoms with E-state index in [0.717, 1.165) is 13.0 Å². The largest absolute Gasteiger partial charge is 0.389 e. The van der Waals surface area contributed by atoms with Crippen LogP contribution in [0.2, 0.25) is 0 Å². The molecule has 2 nitrogen and oxygen atoms in total. The van der Waals surface area contributed by atoms with E-state index in [-0.39, 0.29) is 0 Å². The quantitative estimate of drug-likeness (QED) is 0.168. The molecule has 1 heterocycles. The Bertz CT molecular complexity index is 555. The SMILES string of the molecule is C=C(CC(C1=CCCC=C1)N1CCCCC1)NCCCCCCCCCCCCCCCCC. The molecule has 1 saturated heterocycles. The number of piperidine rings is 1. The lowest BCUT2D eigenvalue weighted by Gasteiger charge is -2.36. The van der Waals surface area contributed by atoms with Gasteiger partial charge in [0, 0.05) is 24.7 Å². The maximum atomic E-state index is 4.40. The number of rotatable bonds is 21. The molecule has 1 aliphatic heterocycles. The number of unbranched alkanes of at least 4 members (excludes halogenated alkanes) is 14. The summed E-state index contributed by atoms with van der Waals surface area (Å²) >= 11 is 0. The maximum Gasteiger partial charge on any atom is 0.0399 e. The zero-order valence-electron chi connectivity index (χ0n) is 22.9. The summed E-state index contributed by atoms with van der Waals surface area (Å²) in [5.74, 6) is 0. The number of likely N-dealkylation sites (tertiary alicyclic amines) is 1. The molecule has 1 atom stereocenters. The van der Waals surface area contributed by atoms with Crippen molar-refractivity contribution in [3.05, 3.63) is 36.1 Å². The average molecular weight is 471 g/mol. The first-order valence-corrected chi connectivity index (χ1v) is 15.3. The molecular weight excluding hydrogens is 412 g/mol. The molecule has 34 heavy (non-hydrogen) atoms. The van der Waals surface area contributed by atoms with Crippen LogP contribution >= 0.6 is 0 Å². The van der Waals surface area contributed by atoms with Crippen molar-refractivity contribution in [1.82, 2.24) is 10.2 Å². The third-order valence-corrected chi connectivity index (χ3v) is 7.83. The summed E-state index contributed by atoms with van der Waals surface area (Å²) in [6, 6.07) is 0.526. The van der Waals surface area contributed by atoms with E-state index < -0.39 is 0 Å². The Morgan fingerprint density at radius 3 is 1.88 bits per heavy atom. The van der Waals surface area contributed by atoms with Crippen molar-refractivity contribution in [2.24, 2.45) is 0 Å². The maximum absolute atomic E-state index is 4.40. The first-order chi connectivity index (χ1) is 16.8. The molecule has 0 aromatic heterocycles. The van der Waals surface area contributed by atoms with Gasteiger partial charge in [-0.05, 0) is 50.8 Å². The van der Waals surface area contributed by atoms with Crippen molar-refractivity contribution in [2.75, 3.05) is 19.6 Å². The van der Waals surface area contributed by atoms with Crippen molar-refractivity contribution < 1.29 is 0 Å². The second kappa shape index (κ2) is 20.2. The highest BCUT2D eigenvalue weighted by molar-refractivity contribution is 5.29. The van der Waals surface area contributed by atoms with E-state index in [1.165, 1.54) is 153 Å². The molecule has 2 heteroatoms. The summed E-state index contributed by atoms with van der Waals surface area (Å²) < 4.78 is 0. The van der Waals surface area contributed by atoms with Gasteiger partial charge in [0.15, 0.2) is 0 Å². The zero-order valence-corrected chi connectivity index (χ0v) is 22.9. The summed E-state index contributed by atoms with van der Waals surface area (Å²) in [5, 5.41) is 3.67. The predicted octanol–water partition coefficient (Wildman–Crippen LogP) is 9.48. The number of hydrogen-bond donors (Lipinski definition) is 1. The summed E-state index contributed by atoms with van der Waals surface area (Å²) in [6.45, 7) is 10.3. The van der Waals surface area contributed by atoms with Gasteiger partial charge in [-0.2, -0.15) is 0 Å². The standard InChI is InChI=1S/C32H58N2/c1-3-4-5-6-7-8-9-10-11-12-13-14-15-16-21-26-33-30(2)29-32(31-24-19-17-20-25-31)34-27-22-18-23-28-34/h19,24-25,32-33H,2-18,20-23,26-29H2,1H3. The topological polar surface area (TPSA) is 15.3 Å². The molecule has 1 N–H and O–H groups in total. The predicted molar refractivity (Wildman–Crippen MR) is 152 cm³/mol. The third kappa shape index (κ3) is 13.8. The Labute approximate surface area is 213 Å². The van der Waals surface area contributed by atoms with Gasteiger partial charge in [-0.1, -0.05) is 128 Å².